The molecular formula is C15H20N4O. The second-order valence-electron chi connectivity index (χ2n) is 5.16. The Bertz CT molecular complexity index is 581. The van der Waals surface area contributed by atoms with Crippen LogP contribution in [0, 0.1) is 5.92 Å². The van der Waals surface area contributed by atoms with Gasteiger partial charge in [0, 0.05) is 6.54 Å². The van der Waals surface area contributed by atoms with E-state index in [1.807, 2.05) is 24.3 Å². The molecule has 20 heavy (non-hydrogen) atoms. The maximum atomic E-state index is 5.34. The minimum absolute atomic E-state index is 0.562. The molecule has 0 unspecified atom stereocenters. The van der Waals surface area contributed by atoms with Crippen LogP contribution in [0.1, 0.15) is 12.8 Å². The van der Waals surface area contributed by atoms with E-state index < -0.39 is 0 Å². The molecule has 2 N–H and O–H groups in total. The van der Waals surface area contributed by atoms with Gasteiger partial charge in [-0.05, 0) is 44.0 Å². The fourth-order valence-electron chi connectivity index (χ4n) is 2.58. The fraction of sp³-hybridized carbons (Fsp3) is 0.467. The van der Waals surface area contributed by atoms with E-state index in [1.54, 1.807) is 7.11 Å². The number of piperidine rings is 1. The lowest BCUT2D eigenvalue weighted by atomic mass is 10.00. The molecular weight excluding hydrogens is 252 g/mol. The van der Waals surface area contributed by atoms with E-state index in [-0.39, 0.29) is 0 Å². The molecule has 5 nitrogen and oxygen atoms in total. The summed E-state index contributed by atoms with van der Waals surface area (Å²) < 4.78 is 5.34. The molecule has 1 saturated heterocycles. The van der Waals surface area contributed by atoms with Crippen LogP contribution < -0.4 is 15.4 Å². The van der Waals surface area contributed by atoms with E-state index in [4.69, 9.17) is 4.74 Å². The number of ether oxygens (including phenoxy) is 1. The monoisotopic (exact) mass is 272 g/mol. The number of hydrogen-bond acceptors (Lipinski definition) is 5. The standard InChI is InChI=1S/C15H20N4O/c1-20-15-14(17-10-11-5-4-8-16-9-11)18-12-6-2-3-7-13(12)19-15/h2-3,6-7,11,16H,4-5,8-10H2,1H3,(H,17,18)/t11-/m1/s1. The van der Waals surface area contributed by atoms with Crippen LogP contribution in [-0.4, -0.2) is 36.7 Å². The quantitative estimate of drug-likeness (QED) is 0.892. The number of fused-ring (bicyclic) bond motifs is 1. The number of hydrogen-bond donors (Lipinski definition) is 2. The molecule has 0 saturated carbocycles. The lowest BCUT2D eigenvalue weighted by molar-refractivity contribution is 0.387. The molecule has 1 aliphatic rings. The number of benzene rings is 1. The van der Waals surface area contributed by atoms with Crippen molar-refractivity contribution in [1.82, 2.24) is 15.3 Å². The van der Waals surface area contributed by atoms with E-state index in [2.05, 4.69) is 20.6 Å². The topological polar surface area (TPSA) is 59.1 Å². The summed E-state index contributed by atoms with van der Waals surface area (Å²) in [4.78, 5) is 9.11. The maximum Gasteiger partial charge on any atom is 0.257 e. The van der Waals surface area contributed by atoms with E-state index in [1.165, 1.54) is 12.8 Å². The molecule has 0 aliphatic carbocycles. The molecule has 0 radical (unpaired) electrons. The summed E-state index contributed by atoms with van der Waals surface area (Å²) >= 11 is 0. The van der Waals surface area contributed by atoms with Gasteiger partial charge in [-0.15, -0.1) is 0 Å². The first-order valence-corrected chi connectivity index (χ1v) is 7.12. The lowest BCUT2D eigenvalue weighted by Gasteiger charge is -2.23. The van der Waals surface area contributed by atoms with Gasteiger partial charge in [-0.2, -0.15) is 0 Å². The van der Waals surface area contributed by atoms with Crippen LogP contribution in [-0.2, 0) is 0 Å². The van der Waals surface area contributed by atoms with Gasteiger partial charge in [0.2, 0.25) is 0 Å². The second-order valence-corrected chi connectivity index (χ2v) is 5.16. The van der Waals surface area contributed by atoms with E-state index in [0.717, 1.165) is 36.5 Å². The zero-order valence-corrected chi connectivity index (χ0v) is 11.7. The Balaban J connectivity index is 1.78. The number of aromatic nitrogens is 2. The molecule has 2 aromatic rings. The van der Waals surface area contributed by atoms with Crippen molar-refractivity contribution in [3.8, 4) is 5.88 Å². The number of methoxy groups -OCH3 is 1. The highest BCUT2D eigenvalue weighted by atomic mass is 16.5. The van der Waals surface area contributed by atoms with Gasteiger partial charge in [-0.1, -0.05) is 12.1 Å². The Labute approximate surface area is 118 Å². The molecule has 106 valence electrons. The van der Waals surface area contributed by atoms with Crippen LogP contribution in [0.3, 0.4) is 0 Å². The summed E-state index contributed by atoms with van der Waals surface area (Å²) in [5.74, 6) is 1.94. The maximum absolute atomic E-state index is 5.34. The highest BCUT2D eigenvalue weighted by Gasteiger charge is 2.15. The molecule has 1 aliphatic heterocycles. The predicted molar refractivity (Wildman–Crippen MR) is 80.2 cm³/mol. The first kappa shape index (κ1) is 13.1. The van der Waals surface area contributed by atoms with Crippen LogP contribution in [0.2, 0.25) is 0 Å². The van der Waals surface area contributed by atoms with E-state index >= 15 is 0 Å². The first-order valence-electron chi connectivity index (χ1n) is 7.12. The van der Waals surface area contributed by atoms with Crippen LogP contribution in [0.5, 0.6) is 5.88 Å². The number of nitrogens with one attached hydrogen (secondary N) is 2. The minimum Gasteiger partial charge on any atom is -0.478 e. The van der Waals surface area contributed by atoms with Gasteiger partial charge in [-0.25, -0.2) is 9.97 Å². The second kappa shape index (κ2) is 6.05. The van der Waals surface area contributed by atoms with Crippen LogP contribution in [0.15, 0.2) is 24.3 Å². The van der Waals surface area contributed by atoms with Crippen LogP contribution >= 0.6 is 0 Å². The van der Waals surface area contributed by atoms with E-state index in [9.17, 15) is 0 Å². The average molecular weight is 272 g/mol. The molecule has 1 atom stereocenters. The summed E-state index contributed by atoms with van der Waals surface area (Å²) in [5.41, 5.74) is 1.74. The summed E-state index contributed by atoms with van der Waals surface area (Å²) in [7, 11) is 1.63. The molecule has 3 rings (SSSR count). The highest BCUT2D eigenvalue weighted by molar-refractivity contribution is 5.77. The van der Waals surface area contributed by atoms with Crippen molar-refractivity contribution < 1.29 is 4.74 Å². The number of rotatable bonds is 4. The Morgan fingerprint density at radius 2 is 2.10 bits per heavy atom. The Hall–Kier alpha value is -1.88. The lowest BCUT2D eigenvalue weighted by Crippen LogP contribution is -2.33. The summed E-state index contributed by atoms with van der Waals surface area (Å²) in [6.07, 6.45) is 2.50. The van der Waals surface area contributed by atoms with Crippen molar-refractivity contribution in [3.63, 3.8) is 0 Å². The number of para-hydroxylation sites is 2. The van der Waals surface area contributed by atoms with Crippen molar-refractivity contribution in [3.05, 3.63) is 24.3 Å². The van der Waals surface area contributed by atoms with Crippen molar-refractivity contribution in [2.75, 3.05) is 32.1 Å². The zero-order chi connectivity index (χ0) is 13.8. The third-order valence-electron chi connectivity index (χ3n) is 3.69. The largest absolute Gasteiger partial charge is 0.478 e. The third kappa shape index (κ3) is 2.82. The van der Waals surface area contributed by atoms with E-state index in [0.29, 0.717) is 11.8 Å². The Morgan fingerprint density at radius 3 is 2.80 bits per heavy atom. The van der Waals surface area contributed by atoms with Gasteiger partial charge in [-0.3, -0.25) is 0 Å². The molecule has 5 heteroatoms. The van der Waals surface area contributed by atoms with Gasteiger partial charge < -0.3 is 15.4 Å². The molecule has 1 aromatic heterocycles. The fourth-order valence-corrected chi connectivity index (χ4v) is 2.58. The predicted octanol–water partition coefficient (Wildman–Crippen LogP) is 2.05. The zero-order valence-electron chi connectivity index (χ0n) is 11.7. The van der Waals surface area contributed by atoms with Crippen molar-refractivity contribution in [2.45, 2.75) is 12.8 Å². The summed E-state index contributed by atoms with van der Waals surface area (Å²) in [6, 6.07) is 7.84. The van der Waals surface area contributed by atoms with Gasteiger partial charge in [0.15, 0.2) is 5.82 Å². The third-order valence-corrected chi connectivity index (χ3v) is 3.69. The van der Waals surface area contributed by atoms with Crippen molar-refractivity contribution in [2.24, 2.45) is 5.92 Å². The first-order chi connectivity index (χ1) is 9.86. The number of nitrogens with zero attached hydrogens (tertiary/aromatic N) is 2. The molecule has 1 aromatic carbocycles. The SMILES string of the molecule is COc1nc2ccccc2nc1NC[C@@H]1CCCNC1. The van der Waals surface area contributed by atoms with Crippen molar-refractivity contribution >= 4 is 16.9 Å². The smallest absolute Gasteiger partial charge is 0.257 e. The normalized spacial score (nSPS) is 18.9. The highest BCUT2D eigenvalue weighted by Crippen LogP contribution is 2.23. The van der Waals surface area contributed by atoms with Gasteiger partial charge in [0.1, 0.15) is 0 Å². The average Bonchev–Trinajstić information content (AvgIpc) is 2.53. The molecule has 2 heterocycles. The van der Waals surface area contributed by atoms with Crippen molar-refractivity contribution in [1.29, 1.82) is 0 Å². The molecule has 1 fully saturated rings. The van der Waals surface area contributed by atoms with Gasteiger partial charge >= 0.3 is 0 Å². The summed E-state index contributed by atoms with van der Waals surface area (Å²) in [6.45, 7) is 3.10. The van der Waals surface area contributed by atoms with Crippen LogP contribution in [0.25, 0.3) is 11.0 Å². The molecule has 0 spiro atoms. The summed E-state index contributed by atoms with van der Waals surface area (Å²) in [5, 5.41) is 6.81. The Kier molecular flexibility index (Phi) is 3.97. The Morgan fingerprint density at radius 1 is 1.30 bits per heavy atom. The minimum atomic E-state index is 0.562. The van der Waals surface area contributed by atoms with Gasteiger partial charge in [0.25, 0.3) is 5.88 Å². The molecule has 0 bridgehead atoms. The van der Waals surface area contributed by atoms with Gasteiger partial charge in [0.05, 0.1) is 18.1 Å². The number of anilines is 1. The molecule has 0 amide bonds. The van der Waals surface area contributed by atoms with Crippen LogP contribution in [0.4, 0.5) is 5.82 Å².